The summed E-state index contributed by atoms with van der Waals surface area (Å²) in [5.74, 6) is -1.44. The zero-order valence-corrected chi connectivity index (χ0v) is 10.8. The molecule has 1 rings (SSSR count). The number of benzene rings is 1. The molecule has 0 aromatic heterocycles. The molecule has 0 spiro atoms. The Balaban J connectivity index is 3.02. The normalized spacial score (nSPS) is 10.7. The first-order valence-electron chi connectivity index (χ1n) is 5.70. The van der Waals surface area contributed by atoms with Crippen LogP contribution in [0.2, 0.25) is 0 Å². The molecule has 0 aliphatic rings. The van der Waals surface area contributed by atoms with Crippen LogP contribution in [0.4, 0.5) is 0 Å². The van der Waals surface area contributed by atoms with Gasteiger partial charge in [-0.05, 0) is 18.6 Å². The molecule has 1 aromatic rings. The minimum Gasteiger partial charge on any atom is -0.496 e. The Bertz CT molecular complexity index is 520. The summed E-state index contributed by atoms with van der Waals surface area (Å²) < 4.78 is 9.70. The molecule has 0 atom stereocenters. The van der Waals surface area contributed by atoms with Crippen LogP contribution in [0, 0.1) is 5.41 Å². The third-order valence-electron chi connectivity index (χ3n) is 2.30. The van der Waals surface area contributed by atoms with Crippen LogP contribution in [0.3, 0.4) is 0 Å². The van der Waals surface area contributed by atoms with Crippen molar-refractivity contribution < 1.29 is 19.1 Å². The van der Waals surface area contributed by atoms with Gasteiger partial charge in [0.2, 0.25) is 0 Å². The summed E-state index contributed by atoms with van der Waals surface area (Å²) in [6.07, 6.45) is 2.27. The molecule has 0 aliphatic heterocycles. The maximum atomic E-state index is 11.6. The molecule has 0 unspecified atom stereocenters. The molecule has 0 saturated carbocycles. The SMILES string of the molecule is CCOC(=O)C(=O)/C=C(\OC)c1cccc(C=N)c1. The van der Waals surface area contributed by atoms with Crippen molar-refractivity contribution in [2.75, 3.05) is 13.7 Å². The zero-order valence-electron chi connectivity index (χ0n) is 10.8. The standard InChI is InChI=1S/C14H15NO4/c1-3-19-14(17)12(16)8-13(18-2)11-6-4-5-10(7-11)9-15/h4-9,15H,3H2,1-2H3/b13-8-,15-9?. The average Bonchev–Trinajstić information content (AvgIpc) is 2.44. The van der Waals surface area contributed by atoms with Gasteiger partial charge in [-0.25, -0.2) is 4.79 Å². The third-order valence-corrected chi connectivity index (χ3v) is 2.30. The van der Waals surface area contributed by atoms with Crippen molar-refractivity contribution in [1.29, 1.82) is 5.41 Å². The van der Waals surface area contributed by atoms with Gasteiger partial charge < -0.3 is 14.9 Å². The molecule has 1 aromatic carbocycles. The summed E-state index contributed by atoms with van der Waals surface area (Å²) >= 11 is 0. The van der Waals surface area contributed by atoms with Gasteiger partial charge >= 0.3 is 5.97 Å². The molecule has 1 N–H and O–H groups in total. The number of hydrogen-bond donors (Lipinski definition) is 1. The van der Waals surface area contributed by atoms with E-state index < -0.39 is 11.8 Å². The van der Waals surface area contributed by atoms with E-state index in [-0.39, 0.29) is 12.4 Å². The second-order valence-corrected chi connectivity index (χ2v) is 3.57. The highest BCUT2D eigenvalue weighted by Crippen LogP contribution is 2.16. The number of carbonyl (C=O) groups excluding carboxylic acids is 2. The highest BCUT2D eigenvalue weighted by Gasteiger charge is 2.14. The first-order chi connectivity index (χ1) is 9.12. The van der Waals surface area contributed by atoms with E-state index in [4.69, 9.17) is 10.1 Å². The van der Waals surface area contributed by atoms with Crippen molar-refractivity contribution in [3.8, 4) is 0 Å². The molecule has 0 saturated heterocycles. The molecule has 100 valence electrons. The summed E-state index contributed by atoms with van der Waals surface area (Å²) in [4.78, 5) is 22.8. The second kappa shape index (κ2) is 7.10. The minimum atomic E-state index is -0.916. The van der Waals surface area contributed by atoms with E-state index in [1.165, 1.54) is 13.3 Å². The Morgan fingerprint density at radius 3 is 2.68 bits per heavy atom. The van der Waals surface area contributed by atoms with E-state index in [1.54, 1.807) is 31.2 Å². The van der Waals surface area contributed by atoms with Crippen molar-refractivity contribution in [2.24, 2.45) is 0 Å². The number of ketones is 1. The molecule has 0 bridgehead atoms. The number of carbonyl (C=O) groups is 2. The second-order valence-electron chi connectivity index (χ2n) is 3.57. The number of hydrogen-bond acceptors (Lipinski definition) is 5. The van der Waals surface area contributed by atoms with E-state index in [1.807, 2.05) is 0 Å². The topological polar surface area (TPSA) is 76.5 Å². The highest BCUT2D eigenvalue weighted by molar-refractivity contribution is 6.39. The van der Waals surface area contributed by atoms with E-state index in [2.05, 4.69) is 4.74 Å². The van der Waals surface area contributed by atoms with Crippen molar-refractivity contribution in [2.45, 2.75) is 6.92 Å². The monoisotopic (exact) mass is 261 g/mol. The fourth-order valence-electron chi connectivity index (χ4n) is 1.42. The molecule has 0 heterocycles. The molecular formula is C14H15NO4. The predicted octanol–water partition coefficient (Wildman–Crippen LogP) is 1.80. The number of nitrogens with one attached hydrogen (secondary N) is 1. The number of methoxy groups -OCH3 is 1. The maximum absolute atomic E-state index is 11.6. The van der Waals surface area contributed by atoms with Crippen molar-refractivity contribution in [1.82, 2.24) is 0 Å². The van der Waals surface area contributed by atoms with Crippen LogP contribution in [-0.4, -0.2) is 31.7 Å². The van der Waals surface area contributed by atoms with Crippen molar-refractivity contribution in [3.05, 3.63) is 41.5 Å². The molecule has 19 heavy (non-hydrogen) atoms. The van der Waals surface area contributed by atoms with Crippen LogP contribution in [0.1, 0.15) is 18.1 Å². The fraction of sp³-hybridized carbons (Fsp3) is 0.214. The summed E-state index contributed by atoms with van der Waals surface area (Å²) in [6.45, 7) is 1.77. The van der Waals surface area contributed by atoms with Crippen LogP contribution >= 0.6 is 0 Å². The van der Waals surface area contributed by atoms with Crippen LogP contribution in [0.15, 0.2) is 30.3 Å². The Morgan fingerprint density at radius 1 is 1.37 bits per heavy atom. The Labute approximate surface area is 111 Å². The summed E-state index contributed by atoms with van der Waals surface area (Å²) in [5, 5.41) is 7.18. The van der Waals surface area contributed by atoms with E-state index in [9.17, 15) is 9.59 Å². The van der Waals surface area contributed by atoms with Crippen LogP contribution in [-0.2, 0) is 19.1 Å². The smallest absolute Gasteiger partial charge is 0.379 e. The Hall–Kier alpha value is -2.43. The van der Waals surface area contributed by atoms with Gasteiger partial charge in [0, 0.05) is 17.9 Å². The molecule has 0 radical (unpaired) electrons. The fourth-order valence-corrected chi connectivity index (χ4v) is 1.42. The van der Waals surface area contributed by atoms with Crippen LogP contribution in [0.5, 0.6) is 0 Å². The summed E-state index contributed by atoms with van der Waals surface area (Å²) in [6, 6.07) is 6.88. The lowest BCUT2D eigenvalue weighted by molar-refractivity contribution is -0.151. The quantitative estimate of drug-likeness (QED) is 0.278. The molecule has 5 heteroatoms. The van der Waals surface area contributed by atoms with Gasteiger partial charge in [0.25, 0.3) is 5.78 Å². The summed E-state index contributed by atoms with van der Waals surface area (Å²) in [5.41, 5.74) is 1.28. The molecule has 0 fully saturated rings. The van der Waals surface area contributed by atoms with E-state index in [0.717, 1.165) is 6.08 Å². The Morgan fingerprint density at radius 2 is 2.11 bits per heavy atom. The largest absolute Gasteiger partial charge is 0.496 e. The van der Waals surface area contributed by atoms with Gasteiger partial charge in [-0.1, -0.05) is 18.2 Å². The number of ether oxygens (including phenoxy) is 2. The highest BCUT2D eigenvalue weighted by atomic mass is 16.5. The van der Waals surface area contributed by atoms with Gasteiger partial charge in [-0.3, -0.25) is 4.79 Å². The molecule has 0 aliphatic carbocycles. The number of rotatable bonds is 6. The van der Waals surface area contributed by atoms with Gasteiger partial charge in [-0.2, -0.15) is 0 Å². The van der Waals surface area contributed by atoms with Crippen molar-refractivity contribution in [3.63, 3.8) is 0 Å². The zero-order chi connectivity index (χ0) is 14.3. The van der Waals surface area contributed by atoms with Gasteiger partial charge in [-0.15, -0.1) is 0 Å². The molecule has 5 nitrogen and oxygen atoms in total. The maximum Gasteiger partial charge on any atom is 0.379 e. The summed E-state index contributed by atoms with van der Waals surface area (Å²) in [7, 11) is 1.40. The van der Waals surface area contributed by atoms with E-state index >= 15 is 0 Å². The predicted molar refractivity (Wildman–Crippen MR) is 71.0 cm³/mol. The van der Waals surface area contributed by atoms with Crippen LogP contribution in [0.25, 0.3) is 5.76 Å². The van der Waals surface area contributed by atoms with Gasteiger partial charge in [0.05, 0.1) is 13.7 Å². The lowest BCUT2D eigenvalue weighted by Crippen LogP contribution is -2.15. The first-order valence-corrected chi connectivity index (χ1v) is 5.70. The van der Waals surface area contributed by atoms with E-state index in [0.29, 0.717) is 11.1 Å². The lowest BCUT2D eigenvalue weighted by atomic mass is 10.1. The third kappa shape index (κ3) is 4.06. The lowest BCUT2D eigenvalue weighted by Gasteiger charge is -2.06. The Kier molecular flexibility index (Phi) is 5.47. The minimum absolute atomic E-state index is 0.143. The van der Waals surface area contributed by atoms with Crippen molar-refractivity contribution >= 4 is 23.7 Å². The van der Waals surface area contributed by atoms with Gasteiger partial charge in [0.15, 0.2) is 0 Å². The molecule has 0 amide bonds. The van der Waals surface area contributed by atoms with Gasteiger partial charge in [0.1, 0.15) is 5.76 Å². The first kappa shape index (κ1) is 14.6. The molecular weight excluding hydrogens is 246 g/mol. The average molecular weight is 261 g/mol. The number of esters is 1. The van der Waals surface area contributed by atoms with Crippen LogP contribution < -0.4 is 0 Å².